The molecule has 0 heterocycles. The van der Waals surface area contributed by atoms with Crippen molar-refractivity contribution in [2.45, 2.75) is 120 Å². The number of phenols is 2. The molecule has 0 aromatic heterocycles. The topological polar surface area (TPSA) is 168 Å². The van der Waals surface area contributed by atoms with Crippen molar-refractivity contribution >= 4 is 23.0 Å². The van der Waals surface area contributed by atoms with Crippen molar-refractivity contribution < 1.29 is 34.8 Å². The largest absolute Gasteiger partial charge is 0.505 e. The molecule has 7 rings (SSSR count). The van der Waals surface area contributed by atoms with Crippen LogP contribution < -0.4 is 16.0 Å². The summed E-state index contributed by atoms with van der Waals surface area (Å²) in [6, 6.07) is 11.5. The second-order valence-corrected chi connectivity index (χ2v) is 14.2. The number of aryl methyl sites for hydroxylation is 1. The summed E-state index contributed by atoms with van der Waals surface area (Å²) in [6.07, 6.45) is 13.2. The van der Waals surface area contributed by atoms with Crippen LogP contribution in [0.4, 0.5) is 5.69 Å². The number of Topliss-reactive ketones (excluding diaryl/α,β-unsaturated/α-hetero) is 2. The number of nitrogens with one attached hydrogen (secondary N) is 3. The molecule has 10 heteroatoms. The lowest BCUT2D eigenvalue weighted by atomic mass is 9.67. The van der Waals surface area contributed by atoms with E-state index in [1.807, 2.05) is 113 Å². The first kappa shape index (κ1) is 55.1. The van der Waals surface area contributed by atoms with Gasteiger partial charge in [-0.1, -0.05) is 111 Å². The van der Waals surface area contributed by atoms with Gasteiger partial charge in [-0.3, -0.25) is 14.4 Å². The molecule has 0 spiro atoms. The zero-order valence-electron chi connectivity index (χ0n) is 39.0. The lowest BCUT2D eigenvalue weighted by molar-refractivity contribution is -0.120. The van der Waals surface area contributed by atoms with Crippen LogP contribution in [0.5, 0.6) is 11.5 Å². The van der Waals surface area contributed by atoms with Crippen molar-refractivity contribution in [3.05, 3.63) is 112 Å². The molecule has 2 aromatic carbocycles. The Kier molecular flexibility index (Phi) is 26.9. The van der Waals surface area contributed by atoms with Crippen molar-refractivity contribution in [3.8, 4) is 11.5 Å². The average Bonchev–Trinajstić information content (AvgIpc) is 3.25. The number of fused-ring (bicyclic) bond motifs is 6. The summed E-state index contributed by atoms with van der Waals surface area (Å²) in [7, 11) is 7.50. The second kappa shape index (κ2) is 29.3. The zero-order valence-corrected chi connectivity index (χ0v) is 39.0. The first-order valence-corrected chi connectivity index (χ1v) is 21.8. The van der Waals surface area contributed by atoms with Gasteiger partial charge >= 0.3 is 0 Å². The number of unbranched alkanes of at least 4 members (excludes halogenated alkanes) is 1. The fourth-order valence-electron chi connectivity index (χ4n) is 7.21. The standard InChI is InChI=1S/C22H23NO3.C14H12O4.C4H10.2C2H7N.3C2H6/c1-12-5-3-4-6-17(12)23-18-10-14-9-13(2)20(25)11-16(14)21-15(18)7-8-19(24)22(21)26;15-10-4-3-7-1-2-8-5-11(16)12(17)6-9(8)13(7)14(10)18;1-3-4-2;2*1-3-2;3*1-2/h3-9,14,16,18,23-24,26H,10-11H2,1-2H3;1,3-5,8-9,16,18H,2,6H2;3-4H2,1-2H3;2*3H,1-2H3;3*1-2H3. The van der Waals surface area contributed by atoms with Crippen LogP contribution in [-0.4, -0.2) is 66.0 Å². The van der Waals surface area contributed by atoms with E-state index < -0.39 is 5.78 Å². The van der Waals surface area contributed by atoms with E-state index in [0.717, 1.165) is 34.4 Å². The first-order chi connectivity index (χ1) is 28.8. The van der Waals surface area contributed by atoms with Gasteiger partial charge in [0.25, 0.3) is 0 Å². The highest BCUT2D eigenvalue weighted by molar-refractivity contribution is 6.05. The third kappa shape index (κ3) is 15.0. The number of benzene rings is 2. The number of rotatable bonds is 3. The van der Waals surface area contributed by atoms with Gasteiger partial charge in [-0.2, -0.15) is 0 Å². The molecule has 0 fully saturated rings. The molecule has 0 saturated heterocycles. The van der Waals surface area contributed by atoms with Crippen LogP contribution in [0.25, 0.3) is 0 Å². The van der Waals surface area contributed by atoms with Crippen LogP contribution in [-0.2, 0) is 14.4 Å². The van der Waals surface area contributed by atoms with Crippen LogP contribution in [0.15, 0.2) is 95.0 Å². The quantitative estimate of drug-likeness (QED) is 0.148. The predicted molar refractivity (Wildman–Crippen MR) is 250 cm³/mol. The number of aromatic hydroxyl groups is 2. The van der Waals surface area contributed by atoms with Gasteiger partial charge in [0.15, 0.2) is 34.6 Å². The van der Waals surface area contributed by atoms with Crippen LogP contribution >= 0.6 is 0 Å². The van der Waals surface area contributed by atoms with Gasteiger partial charge in [-0.25, -0.2) is 0 Å². The Morgan fingerprint density at radius 2 is 1.27 bits per heavy atom. The summed E-state index contributed by atoms with van der Waals surface area (Å²) in [5.74, 6) is -1.47. The van der Waals surface area contributed by atoms with Gasteiger partial charge in [0.1, 0.15) is 0 Å². The lowest BCUT2D eigenvalue weighted by Gasteiger charge is -2.40. The summed E-state index contributed by atoms with van der Waals surface area (Å²) < 4.78 is 0. The van der Waals surface area contributed by atoms with Gasteiger partial charge in [0.2, 0.25) is 5.78 Å². The molecule has 334 valence electrons. The number of para-hydroxylation sites is 1. The number of aliphatic hydroxyl groups excluding tert-OH is 2. The number of hydrogen-bond acceptors (Lipinski definition) is 10. The van der Waals surface area contributed by atoms with E-state index in [2.05, 4.69) is 42.8 Å². The summed E-state index contributed by atoms with van der Waals surface area (Å²) in [5, 5.41) is 49.1. The fourth-order valence-corrected chi connectivity index (χ4v) is 7.21. The molecule has 5 aliphatic rings. The van der Waals surface area contributed by atoms with E-state index in [1.165, 1.54) is 31.1 Å². The third-order valence-electron chi connectivity index (χ3n) is 10.1. The van der Waals surface area contributed by atoms with Crippen LogP contribution in [0.1, 0.15) is 129 Å². The van der Waals surface area contributed by atoms with Crippen LogP contribution in [0.3, 0.4) is 0 Å². The molecule has 2 aromatic rings. The Balaban J connectivity index is 0.000000888. The molecule has 7 N–H and O–H groups in total. The molecule has 0 bridgehead atoms. The molecule has 10 nitrogen and oxygen atoms in total. The molecule has 0 amide bonds. The number of aliphatic hydroxyl groups is 2. The number of carbonyl (C=O) groups excluding carboxylic acids is 3. The lowest BCUT2D eigenvalue weighted by Crippen LogP contribution is -2.31. The highest BCUT2D eigenvalue weighted by Gasteiger charge is 2.41. The minimum Gasteiger partial charge on any atom is -0.505 e. The number of carbonyl (C=O) groups is 3. The van der Waals surface area contributed by atoms with Crippen molar-refractivity contribution in [3.63, 3.8) is 0 Å². The van der Waals surface area contributed by atoms with E-state index in [4.69, 9.17) is 0 Å². The Morgan fingerprint density at radius 3 is 1.83 bits per heavy atom. The summed E-state index contributed by atoms with van der Waals surface area (Å²) >= 11 is 0. The van der Waals surface area contributed by atoms with Crippen molar-refractivity contribution in [1.29, 1.82) is 0 Å². The summed E-state index contributed by atoms with van der Waals surface area (Å²) in [4.78, 5) is 35.3. The van der Waals surface area contributed by atoms with E-state index in [0.29, 0.717) is 24.0 Å². The van der Waals surface area contributed by atoms with Crippen molar-refractivity contribution in [2.24, 2.45) is 17.8 Å². The number of phenolic OH excluding ortho intramolecular Hbond substituents is 2. The molecule has 60 heavy (non-hydrogen) atoms. The SMILES string of the molecule is CC.CC.CC.CC1=CC2CC(Nc3ccccc3C)c3ccc(O)c(O)c3C2CC1=O.CCCC.CNC.CNC.O=C1C=CC2=CCC3C=C(O)C(=O)CC3C2=C1O. The van der Waals surface area contributed by atoms with Gasteiger partial charge in [0, 0.05) is 41.5 Å². The first-order valence-electron chi connectivity index (χ1n) is 21.8. The normalized spacial score (nSPS) is 21.2. The summed E-state index contributed by atoms with van der Waals surface area (Å²) in [6.45, 7) is 20.3. The maximum absolute atomic E-state index is 12.2. The maximum Gasteiger partial charge on any atom is 0.220 e. The number of anilines is 1. The van der Waals surface area contributed by atoms with E-state index in [9.17, 15) is 34.8 Å². The highest BCUT2D eigenvalue weighted by atomic mass is 16.3. The second-order valence-electron chi connectivity index (χ2n) is 14.2. The van der Waals surface area contributed by atoms with Crippen LogP contribution in [0.2, 0.25) is 0 Å². The average molecular weight is 832 g/mol. The molecular formula is C50H77N3O7. The molecule has 0 aliphatic heterocycles. The molecular weight excluding hydrogens is 755 g/mol. The number of ketones is 3. The maximum atomic E-state index is 12.2. The highest BCUT2D eigenvalue weighted by Crippen LogP contribution is 2.52. The van der Waals surface area contributed by atoms with Gasteiger partial charge in [-0.05, 0) is 113 Å². The van der Waals surface area contributed by atoms with Gasteiger partial charge < -0.3 is 36.4 Å². The predicted octanol–water partition coefficient (Wildman–Crippen LogP) is 11.1. The Hall–Kier alpha value is -4.93. The zero-order chi connectivity index (χ0) is 46.1. The van der Waals surface area contributed by atoms with Crippen molar-refractivity contribution in [2.75, 3.05) is 33.5 Å². The van der Waals surface area contributed by atoms with E-state index >= 15 is 0 Å². The van der Waals surface area contributed by atoms with Crippen LogP contribution in [0, 0.1) is 24.7 Å². The number of hydrogen-bond donors (Lipinski definition) is 7. The molecule has 5 atom stereocenters. The van der Waals surface area contributed by atoms with E-state index in [1.54, 1.807) is 6.08 Å². The van der Waals surface area contributed by atoms with Gasteiger partial charge in [-0.15, -0.1) is 0 Å². The third-order valence-corrected chi connectivity index (χ3v) is 10.1. The molecule has 5 unspecified atom stereocenters. The molecule has 0 saturated carbocycles. The minimum atomic E-state index is -0.422. The minimum absolute atomic E-state index is 0.0103. The smallest absolute Gasteiger partial charge is 0.220 e. The monoisotopic (exact) mass is 832 g/mol. The Labute approximate surface area is 361 Å². The fraction of sp³-hybridized carbons (Fsp3) is 0.500. The van der Waals surface area contributed by atoms with Gasteiger partial charge in [0.05, 0.1) is 6.04 Å². The van der Waals surface area contributed by atoms with Crippen molar-refractivity contribution in [1.82, 2.24) is 10.6 Å². The Bertz CT molecular complexity index is 1820. The Morgan fingerprint density at radius 1 is 0.700 bits per heavy atom. The number of allylic oxidation sites excluding steroid dienone is 9. The summed E-state index contributed by atoms with van der Waals surface area (Å²) in [5.41, 5.74) is 6.05. The molecule has 0 radical (unpaired) electrons. The molecule has 5 aliphatic carbocycles. The van der Waals surface area contributed by atoms with E-state index in [-0.39, 0.29) is 70.7 Å².